The highest BCUT2D eigenvalue weighted by Crippen LogP contribution is 2.62. The number of hydrogen-bond donors (Lipinski definition) is 7. The van der Waals surface area contributed by atoms with E-state index in [2.05, 4.69) is 45.4 Å². The zero-order valence-electron chi connectivity index (χ0n) is 23.4. The van der Waals surface area contributed by atoms with Crippen LogP contribution in [0.5, 0.6) is 0 Å². The number of benzene rings is 1. The zero-order chi connectivity index (χ0) is 27.8. The van der Waals surface area contributed by atoms with Crippen molar-refractivity contribution >= 4 is 16.9 Å². The largest absolute Gasteiger partial charge is 0.396 e. The van der Waals surface area contributed by atoms with Crippen molar-refractivity contribution in [2.45, 2.75) is 69.2 Å². The number of fused-ring (bicyclic) bond motifs is 3. The predicted molar refractivity (Wildman–Crippen MR) is 154 cm³/mol. The number of rotatable bonds is 9. The fourth-order valence-electron chi connectivity index (χ4n) is 8.19. The Morgan fingerprint density at radius 3 is 2.67 bits per heavy atom. The summed E-state index contributed by atoms with van der Waals surface area (Å²) in [4.78, 5) is 7.76. The van der Waals surface area contributed by atoms with Gasteiger partial charge in [0.2, 0.25) is 0 Å². The highest BCUT2D eigenvalue weighted by molar-refractivity contribution is 5.80. The van der Waals surface area contributed by atoms with Crippen molar-refractivity contribution in [3.63, 3.8) is 0 Å². The first kappa shape index (κ1) is 28.1. The molecule has 0 saturated heterocycles. The number of aliphatic hydroxyl groups is 4. The van der Waals surface area contributed by atoms with Gasteiger partial charge < -0.3 is 36.0 Å². The van der Waals surface area contributed by atoms with Gasteiger partial charge in [-0.3, -0.25) is 4.99 Å². The molecule has 214 valence electrons. The Hall–Kier alpha value is -2.39. The molecular weight excluding hydrogens is 492 g/mol. The third-order valence-electron chi connectivity index (χ3n) is 10.2. The summed E-state index contributed by atoms with van der Waals surface area (Å²) in [5.74, 6) is 0.675. The average Bonchev–Trinajstić information content (AvgIpc) is 3.39. The summed E-state index contributed by atoms with van der Waals surface area (Å²) in [7, 11) is 1.69. The molecule has 4 fully saturated rings. The summed E-state index contributed by atoms with van der Waals surface area (Å²) < 4.78 is 0. The highest BCUT2D eigenvalue weighted by Gasteiger charge is 2.65. The van der Waals surface area contributed by atoms with E-state index in [0.29, 0.717) is 38.3 Å². The molecule has 4 saturated carbocycles. The van der Waals surface area contributed by atoms with Crippen molar-refractivity contribution in [3.8, 4) is 0 Å². The minimum Gasteiger partial charge on any atom is -0.396 e. The van der Waals surface area contributed by atoms with Crippen LogP contribution in [-0.4, -0.2) is 75.4 Å². The summed E-state index contributed by atoms with van der Waals surface area (Å²) in [6.07, 6.45) is 3.95. The van der Waals surface area contributed by atoms with Crippen LogP contribution < -0.4 is 10.6 Å². The van der Waals surface area contributed by atoms with Gasteiger partial charge in [-0.1, -0.05) is 30.4 Å². The number of aliphatic imine (C=N–C) groups is 1. The van der Waals surface area contributed by atoms with E-state index < -0.39 is 17.3 Å². The second kappa shape index (κ2) is 11.2. The summed E-state index contributed by atoms with van der Waals surface area (Å²) in [5, 5.41) is 52.0. The standard InChI is InChI=1S/C31H46N4O4/c1-19(15-22-16-20-7-4-5-8-26(20)35-22)24-17-21-9-10-23(24)28-25(30(21,2)38)18-27(37)31(28,39)11-13-34-29(32-3)33-12-6-14-36/h4-5,7-8,16,21,23-25,27-28,35-39H,1,6,9-15,17-18H2,2-3H3,(H2,32,33,34)/t21-,23+,24+,25-,27-,28-,30+,31-/m0/s1. The first-order valence-corrected chi connectivity index (χ1v) is 14.6. The van der Waals surface area contributed by atoms with Crippen LogP contribution >= 0.6 is 0 Å². The molecule has 39 heavy (non-hydrogen) atoms. The van der Waals surface area contributed by atoms with Gasteiger partial charge in [-0.15, -0.1) is 0 Å². The van der Waals surface area contributed by atoms with E-state index in [4.69, 9.17) is 5.11 Å². The molecule has 4 aliphatic carbocycles. The van der Waals surface area contributed by atoms with Crippen LogP contribution in [0.25, 0.3) is 10.9 Å². The fraction of sp³-hybridized carbons (Fsp3) is 0.645. The maximum Gasteiger partial charge on any atom is 0.190 e. The van der Waals surface area contributed by atoms with Crippen LogP contribution in [0.15, 0.2) is 47.5 Å². The number of aliphatic hydroxyl groups excluding tert-OH is 2. The summed E-state index contributed by atoms with van der Waals surface area (Å²) in [6, 6.07) is 10.5. The number of nitrogens with zero attached hydrogens (tertiary/aromatic N) is 1. The number of hydrogen-bond acceptors (Lipinski definition) is 5. The van der Waals surface area contributed by atoms with Crippen LogP contribution in [-0.2, 0) is 6.42 Å². The van der Waals surface area contributed by atoms with Crippen LogP contribution in [0.4, 0.5) is 0 Å². The Morgan fingerprint density at radius 1 is 1.15 bits per heavy atom. The number of H-pyrrole nitrogens is 1. The normalized spacial score (nSPS) is 36.1. The van der Waals surface area contributed by atoms with Gasteiger partial charge in [-0.25, -0.2) is 0 Å². The number of allylic oxidation sites excluding steroid dienone is 1. The van der Waals surface area contributed by atoms with Gasteiger partial charge in [-0.05, 0) is 92.6 Å². The monoisotopic (exact) mass is 538 g/mol. The number of aromatic nitrogens is 1. The minimum absolute atomic E-state index is 0.105. The van der Waals surface area contributed by atoms with Crippen LogP contribution in [0, 0.1) is 29.6 Å². The van der Waals surface area contributed by atoms with Crippen molar-refractivity contribution in [2.75, 3.05) is 26.7 Å². The molecule has 0 aliphatic heterocycles. The van der Waals surface area contributed by atoms with E-state index in [1.807, 2.05) is 19.1 Å². The van der Waals surface area contributed by atoms with Gasteiger partial charge in [0.25, 0.3) is 0 Å². The lowest BCUT2D eigenvalue weighted by Gasteiger charge is -2.43. The zero-order valence-corrected chi connectivity index (χ0v) is 23.4. The van der Waals surface area contributed by atoms with E-state index in [1.165, 1.54) is 5.39 Å². The lowest BCUT2D eigenvalue weighted by molar-refractivity contribution is -0.113. The van der Waals surface area contributed by atoms with Gasteiger partial charge in [0.05, 0.1) is 17.3 Å². The molecule has 2 bridgehead atoms. The van der Waals surface area contributed by atoms with Crippen LogP contribution in [0.2, 0.25) is 0 Å². The molecule has 8 atom stereocenters. The van der Waals surface area contributed by atoms with Gasteiger partial charge in [0.15, 0.2) is 5.96 Å². The van der Waals surface area contributed by atoms with E-state index in [1.54, 1.807) is 7.05 Å². The molecule has 0 amide bonds. The molecule has 1 aromatic heterocycles. The number of aromatic amines is 1. The quantitative estimate of drug-likeness (QED) is 0.114. The van der Waals surface area contributed by atoms with Crippen molar-refractivity contribution in [3.05, 3.63) is 48.2 Å². The molecule has 7 N–H and O–H groups in total. The topological polar surface area (TPSA) is 133 Å². The average molecular weight is 539 g/mol. The van der Waals surface area contributed by atoms with Crippen molar-refractivity contribution < 1.29 is 20.4 Å². The molecule has 1 heterocycles. The first-order valence-electron chi connectivity index (χ1n) is 14.6. The molecule has 6 rings (SSSR count). The lowest BCUT2D eigenvalue weighted by Crippen LogP contribution is -2.51. The summed E-state index contributed by atoms with van der Waals surface area (Å²) in [6.45, 7) is 7.64. The number of para-hydroxylation sites is 1. The molecular formula is C31H46N4O4. The molecule has 8 nitrogen and oxygen atoms in total. The Kier molecular flexibility index (Phi) is 8.11. The molecule has 4 aliphatic rings. The van der Waals surface area contributed by atoms with E-state index >= 15 is 0 Å². The van der Waals surface area contributed by atoms with Crippen molar-refractivity contribution in [1.29, 1.82) is 0 Å². The van der Waals surface area contributed by atoms with E-state index in [0.717, 1.165) is 42.5 Å². The van der Waals surface area contributed by atoms with Crippen molar-refractivity contribution in [1.82, 2.24) is 15.6 Å². The van der Waals surface area contributed by atoms with Gasteiger partial charge in [0, 0.05) is 44.4 Å². The lowest BCUT2D eigenvalue weighted by atomic mass is 9.64. The second-order valence-corrected chi connectivity index (χ2v) is 12.4. The number of guanidine groups is 1. The van der Waals surface area contributed by atoms with Crippen LogP contribution in [0.3, 0.4) is 0 Å². The van der Waals surface area contributed by atoms with Gasteiger partial charge >= 0.3 is 0 Å². The Labute approximate surface area is 231 Å². The van der Waals surface area contributed by atoms with E-state index in [-0.39, 0.29) is 36.2 Å². The molecule has 0 radical (unpaired) electrons. The Balaban J connectivity index is 1.36. The minimum atomic E-state index is -1.31. The smallest absolute Gasteiger partial charge is 0.190 e. The maximum atomic E-state index is 12.2. The Bertz CT molecular complexity index is 1160. The highest BCUT2D eigenvalue weighted by atomic mass is 16.3. The third-order valence-corrected chi connectivity index (χ3v) is 10.2. The van der Waals surface area contributed by atoms with Gasteiger partial charge in [0.1, 0.15) is 0 Å². The number of nitrogens with one attached hydrogen (secondary N) is 3. The van der Waals surface area contributed by atoms with Gasteiger partial charge in [-0.2, -0.15) is 0 Å². The second-order valence-electron chi connectivity index (χ2n) is 12.4. The molecule has 1 aromatic carbocycles. The molecule has 8 heteroatoms. The molecule has 0 unspecified atom stereocenters. The maximum absolute atomic E-state index is 12.2. The van der Waals surface area contributed by atoms with Crippen LogP contribution in [0.1, 0.15) is 51.1 Å². The summed E-state index contributed by atoms with van der Waals surface area (Å²) >= 11 is 0. The molecule has 2 aromatic rings. The summed E-state index contributed by atoms with van der Waals surface area (Å²) in [5.41, 5.74) is 1.14. The Morgan fingerprint density at radius 2 is 1.92 bits per heavy atom. The van der Waals surface area contributed by atoms with E-state index in [9.17, 15) is 15.3 Å². The first-order chi connectivity index (χ1) is 18.7. The fourth-order valence-corrected chi connectivity index (χ4v) is 8.19. The SMILES string of the molecule is C=C(Cc1cc2ccccc2[nH]1)[C@H]1C[C@@H]2CC[C@H]1[C@H]1[C@H](C[C@H](O)[C@@]1(O)CCNC(=NC)NCCCO)[C@]2(C)O. The molecule has 0 spiro atoms. The van der Waals surface area contributed by atoms with Crippen molar-refractivity contribution in [2.24, 2.45) is 34.6 Å². The third kappa shape index (κ3) is 5.24. The predicted octanol–water partition coefficient (Wildman–Crippen LogP) is 2.73.